The normalized spacial score (nSPS) is 11.3. The Morgan fingerprint density at radius 1 is 1.08 bits per heavy atom. The van der Waals surface area contributed by atoms with Gasteiger partial charge in [0.15, 0.2) is 5.76 Å². The Morgan fingerprint density at radius 2 is 1.80 bits per heavy atom. The van der Waals surface area contributed by atoms with Crippen molar-refractivity contribution < 1.29 is 32.2 Å². The van der Waals surface area contributed by atoms with E-state index in [-0.39, 0.29) is 23.0 Å². The van der Waals surface area contributed by atoms with Crippen LogP contribution in [0.3, 0.4) is 0 Å². The van der Waals surface area contributed by atoms with Crippen molar-refractivity contribution in [3.05, 3.63) is 60.3 Å². The highest BCUT2D eigenvalue weighted by Crippen LogP contribution is 2.30. The summed E-state index contributed by atoms with van der Waals surface area (Å²) in [4.78, 5) is 15.1. The first-order valence-electron chi connectivity index (χ1n) is 6.97. The van der Waals surface area contributed by atoms with Gasteiger partial charge in [-0.25, -0.2) is 9.78 Å². The number of carboxylic acids is 1. The third kappa shape index (κ3) is 3.97. The van der Waals surface area contributed by atoms with Crippen LogP contribution < -0.4 is 4.74 Å². The summed E-state index contributed by atoms with van der Waals surface area (Å²) in [5.74, 6) is -1.09. The average molecular weight is 349 g/mol. The third-order valence-electron chi connectivity index (χ3n) is 3.21. The molecule has 2 aromatic carbocycles. The number of carboxylic acid groups (broad SMARTS) is 1. The number of aromatic nitrogens is 1. The number of rotatable bonds is 4. The maximum absolute atomic E-state index is 12.3. The summed E-state index contributed by atoms with van der Waals surface area (Å²) in [7, 11) is 0. The average Bonchev–Trinajstić information content (AvgIpc) is 3.03. The second-order valence-electron chi connectivity index (χ2n) is 4.99. The van der Waals surface area contributed by atoms with Gasteiger partial charge in [0, 0.05) is 11.1 Å². The highest BCUT2D eigenvalue weighted by atomic mass is 19.4. The molecule has 0 aliphatic carbocycles. The van der Waals surface area contributed by atoms with Crippen LogP contribution in [-0.2, 0) is 0 Å². The Bertz CT molecular complexity index is 918. The molecule has 1 aromatic heterocycles. The van der Waals surface area contributed by atoms with Gasteiger partial charge in [0.25, 0.3) is 0 Å². The van der Waals surface area contributed by atoms with E-state index in [4.69, 9.17) is 9.52 Å². The minimum absolute atomic E-state index is 0.0674. The largest absolute Gasteiger partial charge is 0.573 e. The molecule has 0 spiro atoms. The topological polar surface area (TPSA) is 72.6 Å². The Kier molecular flexibility index (Phi) is 4.18. The van der Waals surface area contributed by atoms with Crippen molar-refractivity contribution in [2.75, 3.05) is 0 Å². The van der Waals surface area contributed by atoms with Crippen LogP contribution in [0.25, 0.3) is 22.8 Å². The minimum Gasteiger partial charge on any atom is -0.478 e. The molecule has 0 saturated carbocycles. The third-order valence-corrected chi connectivity index (χ3v) is 3.21. The highest BCUT2D eigenvalue weighted by molar-refractivity contribution is 5.89. The van der Waals surface area contributed by atoms with Crippen molar-refractivity contribution in [3.8, 4) is 28.5 Å². The number of hydrogen-bond donors (Lipinski definition) is 1. The monoisotopic (exact) mass is 349 g/mol. The smallest absolute Gasteiger partial charge is 0.478 e. The first-order valence-corrected chi connectivity index (χ1v) is 6.97. The molecule has 0 fully saturated rings. The molecule has 5 nitrogen and oxygen atoms in total. The maximum Gasteiger partial charge on any atom is 0.573 e. The number of aromatic carboxylic acids is 1. The van der Waals surface area contributed by atoms with Crippen LogP contribution in [0.5, 0.6) is 5.75 Å². The fourth-order valence-electron chi connectivity index (χ4n) is 2.17. The molecular weight excluding hydrogens is 339 g/mol. The van der Waals surface area contributed by atoms with E-state index in [1.165, 1.54) is 36.5 Å². The van der Waals surface area contributed by atoms with Gasteiger partial charge in [0.05, 0.1) is 11.8 Å². The van der Waals surface area contributed by atoms with Gasteiger partial charge in [-0.3, -0.25) is 0 Å². The predicted octanol–water partition coefficient (Wildman–Crippen LogP) is 4.61. The summed E-state index contributed by atoms with van der Waals surface area (Å²) in [5, 5.41) is 9.01. The fourth-order valence-corrected chi connectivity index (χ4v) is 2.17. The Morgan fingerprint density at radius 3 is 2.52 bits per heavy atom. The van der Waals surface area contributed by atoms with E-state index in [0.29, 0.717) is 11.1 Å². The molecule has 128 valence electrons. The zero-order valence-corrected chi connectivity index (χ0v) is 12.4. The molecule has 0 aliphatic heterocycles. The van der Waals surface area contributed by atoms with E-state index < -0.39 is 12.3 Å². The van der Waals surface area contributed by atoms with Crippen molar-refractivity contribution >= 4 is 5.97 Å². The highest BCUT2D eigenvalue weighted by Gasteiger charge is 2.31. The molecule has 25 heavy (non-hydrogen) atoms. The van der Waals surface area contributed by atoms with Gasteiger partial charge in [-0.15, -0.1) is 13.2 Å². The van der Waals surface area contributed by atoms with Crippen LogP contribution in [0.15, 0.2) is 59.1 Å². The Labute approximate surface area is 139 Å². The summed E-state index contributed by atoms with van der Waals surface area (Å²) in [6.45, 7) is 0. The molecular formula is C17H10F3NO4. The first-order chi connectivity index (χ1) is 11.8. The molecule has 3 rings (SSSR count). The van der Waals surface area contributed by atoms with Gasteiger partial charge in [0.2, 0.25) is 5.89 Å². The van der Waals surface area contributed by atoms with Gasteiger partial charge in [0.1, 0.15) is 5.75 Å². The van der Waals surface area contributed by atoms with Crippen molar-refractivity contribution in [1.82, 2.24) is 4.98 Å². The van der Waals surface area contributed by atoms with Gasteiger partial charge in [-0.05, 0) is 30.3 Å². The molecule has 0 saturated heterocycles. The lowest BCUT2D eigenvalue weighted by Crippen LogP contribution is -2.17. The lowest BCUT2D eigenvalue weighted by atomic mass is 10.1. The molecule has 1 heterocycles. The molecule has 0 bridgehead atoms. The van der Waals surface area contributed by atoms with Gasteiger partial charge < -0.3 is 14.3 Å². The van der Waals surface area contributed by atoms with Gasteiger partial charge >= 0.3 is 12.3 Å². The standard InChI is InChI=1S/C17H10F3NO4/c18-17(19,20)25-13-6-2-3-10(8-13)14-9-21-15(24-14)11-4-1-5-12(7-11)16(22)23/h1-9H,(H,22,23). The number of alkyl halides is 3. The summed E-state index contributed by atoms with van der Waals surface area (Å²) >= 11 is 0. The molecule has 0 amide bonds. The van der Waals surface area contributed by atoms with E-state index in [0.717, 1.165) is 0 Å². The van der Waals surface area contributed by atoms with Crippen LogP contribution in [0, 0.1) is 0 Å². The zero-order chi connectivity index (χ0) is 18.0. The molecule has 0 atom stereocenters. The second-order valence-corrected chi connectivity index (χ2v) is 4.99. The van der Waals surface area contributed by atoms with Crippen LogP contribution >= 0.6 is 0 Å². The quantitative estimate of drug-likeness (QED) is 0.745. The van der Waals surface area contributed by atoms with Crippen molar-refractivity contribution in [2.24, 2.45) is 0 Å². The van der Waals surface area contributed by atoms with Gasteiger partial charge in [-0.2, -0.15) is 0 Å². The molecule has 0 unspecified atom stereocenters. The number of benzene rings is 2. The lowest BCUT2D eigenvalue weighted by molar-refractivity contribution is -0.274. The van der Waals surface area contributed by atoms with E-state index in [1.807, 2.05) is 0 Å². The van der Waals surface area contributed by atoms with E-state index >= 15 is 0 Å². The first kappa shape index (κ1) is 16.6. The molecule has 8 heteroatoms. The maximum atomic E-state index is 12.3. The van der Waals surface area contributed by atoms with Crippen LogP contribution in [-0.4, -0.2) is 22.4 Å². The van der Waals surface area contributed by atoms with E-state index in [9.17, 15) is 18.0 Å². The number of halogens is 3. The summed E-state index contributed by atoms with van der Waals surface area (Å²) < 4.78 is 46.3. The summed E-state index contributed by atoms with van der Waals surface area (Å²) in [6.07, 6.45) is -3.45. The van der Waals surface area contributed by atoms with Crippen LogP contribution in [0.2, 0.25) is 0 Å². The predicted molar refractivity (Wildman–Crippen MR) is 81.0 cm³/mol. The molecule has 3 aromatic rings. The summed E-state index contributed by atoms with van der Waals surface area (Å²) in [5.41, 5.74) is 0.849. The van der Waals surface area contributed by atoms with Crippen LogP contribution in [0.4, 0.5) is 13.2 Å². The van der Waals surface area contributed by atoms with E-state index in [2.05, 4.69) is 9.72 Å². The lowest BCUT2D eigenvalue weighted by Gasteiger charge is -2.09. The number of nitrogens with zero attached hydrogens (tertiary/aromatic N) is 1. The zero-order valence-electron chi connectivity index (χ0n) is 12.4. The molecule has 1 N–H and O–H groups in total. The number of oxazole rings is 1. The van der Waals surface area contributed by atoms with Crippen molar-refractivity contribution in [3.63, 3.8) is 0 Å². The Balaban J connectivity index is 1.90. The van der Waals surface area contributed by atoms with Gasteiger partial charge in [-0.1, -0.05) is 18.2 Å². The van der Waals surface area contributed by atoms with Crippen molar-refractivity contribution in [1.29, 1.82) is 0 Å². The number of carbonyl (C=O) groups is 1. The molecule has 0 aliphatic rings. The fraction of sp³-hybridized carbons (Fsp3) is 0.0588. The van der Waals surface area contributed by atoms with Crippen molar-refractivity contribution in [2.45, 2.75) is 6.36 Å². The minimum atomic E-state index is -4.79. The Hall–Kier alpha value is -3.29. The van der Waals surface area contributed by atoms with Crippen LogP contribution in [0.1, 0.15) is 10.4 Å². The van der Waals surface area contributed by atoms with E-state index in [1.54, 1.807) is 18.2 Å². The summed E-state index contributed by atoms with van der Waals surface area (Å²) in [6, 6.07) is 11.3. The molecule has 0 radical (unpaired) electrons. The second kappa shape index (κ2) is 6.31. The SMILES string of the molecule is O=C(O)c1cccc(-c2ncc(-c3cccc(OC(F)(F)F)c3)o2)c1. The number of ether oxygens (including phenoxy) is 1. The number of hydrogen-bond acceptors (Lipinski definition) is 4.